The number of hydrogen-bond donors (Lipinski definition) is 2. The first-order valence-corrected chi connectivity index (χ1v) is 12.4. The van der Waals surface area contributed by atoms with Crippen LogP contribution in [0.5, 0.6) is 5.75 Å². The molecule has 5 rings (SSSR count). The minimum absolute atomic E-state index is 0.148. The smallest absolute Gasteiger partial charge is 0.255 e. The predicted molar refractivity (Wildman–Crippen MR) is 134 cm³/mol. The summed E-state index contributed by atoms with van der Waals surface area (Å²) in [4.78, 5) is 17.6. The molecule has 34 heavy (non-hydrogen) atoms. The third kappa shape index (κ3) is 5.40. The van der Waals surface area contributed by atoms with Crippen LogP contribution in [0.15, 0.2) is 48.7 Å². The number of pyridine rings is 1. The number of fused-ring (bicyclic) bond motifs is 1. The van der Waals surface area contributed by atoms with Gasteiger partial charge in [0.05, 0.1) is 11.6 Å². The second-order valence-electron chi connectivity index (χ2n) is 9.44. The molecule has 3 aromatic rings. The molecule has 2 aliphatic rings. The van der Waals surface area contributed by atoms with Crippen molar-refractivity contribution in [1.82, 2.24) is 10.3 Å². The van der Waals surface area contributed by atoms with E-state index in [9.17, 15) is 4.79 Å². The van der Waals surface area contributed by atoms with E-state index in [1.165, 1.54) is 31.2 Å². The van der Waals surface area contributed by atoms with Crippen LogP contribution in [0.25, 0.3) is 10.9 Å². The fourth-order valence-corrected chi connectivity index (χ4v) is 4.88. The first-order valence-electron chi connectivity index (χ1n) is 12.4. The second kappa shape index (κ2) is 10.5. The van der Waals surface area contributed by atoms with Crippen molar-refractivity contribution in [1.29, 1.82) is 0 Å². The van der Waals surface area contributed by atoms with E-state index < -0.39 is 0 Å². The van der Waals surface area contributed by atoms with Crippen LogP contribution >= 0.6 is 0 Å². The lowest BCUT2D eigenvalue weighted by Gasteiger charge is -2.14. The van der Waals surface area contributed by atoms with Gasteiger partial charge in [0, 0.05) is 42.0 Å². The summed E-state index contributed by atoms with van der Waals surface area (Å²) in [5, 5.41) is 7.78. The number of rotatable bonds is 8. The summed E-state index contributed by atoms with van der Waals surface area (Å²) in [5.41, 5.74) is 4.45. The zero-order chi connectivity index (χ0) is 23.3. The molecule has 1 saturated heterocycles. The molecule has 2 N–H and O–H groups in total. The Morgan fingerprint density at radius 2 is 1.91 bits per heavy atom. The number of carbonyl (C=O) groups excluding carboxylic acids is 1. The van der Waals surface area contributed by atoms with Crippen molar-refractivity contribution in [3.63, 3.8) is 0 Å². The summed E-state index contributed by atoms with van der Waals surface area (Å²) in [6.07, 6.45) is 9.45. The highest BCUT2D eigenvalue weighted by atomic mass is 16.5. The summed E-state index contributed by atoms with van der Waals surface area (Å²) < 4.78 is 11.4. The summed E-state index contributed by atoms with van der Waals surface area (Å²) in [6.45, 7) is 4.21. The van der Waals surface area contributed by atoms with Crippen LogP contribution < -0.4 is 15.4 Å². The van der Waals surface area contributed by atoms with Crippen molar-refractivity contribution in [3.8, 4) is 5.75 Å². The number of nitrogens with zero attached hydrogens (tertiary/aromatic N) is 1. The highest BCUT2D eigenvalue weighted by molar-refractivity contribution is 6.06. The first kappa shape index (κ1) is 22.8. The highest BCUT2D eigenvalue weighted by Crippen LogP contribution is 2.26. The molecule has 1 atom stereocenters. The van der Waals surface area contributed by atoms with E-state index in [-0.39, 0.29) is 12.0 Å². The molecular weight excluding hydrogens is 426 g/mol. The van der Waals surface area contributed by atoms with Crippen LogP contribution in [-0.4, -0.2) is 36.3 Å². The standard InChI is InChI=1S/C28H33N3O3/c1-19-26(13-10-22-15-20(17-30-27(19)22)16-29-23-5-2-3-6-23)31-28(32)21-8-11-24(12-9-21)34-18-25-7-4-14-33-25/h8-13,15,17,23,25,29H,2-7,14,16,18H2,1H3,(H,31,32). The summed E-state index contributed by atoms with van der Waals surface area (Å²) in [5.74, 6) is 0.599. The van der Waals surface area contributed by atoms with Crippen molar-refractivity contribution in [3.05, 3.63) is 65.4 Å². The van der Waals surface area contributed by atoms with Gasteiger partial charge in [-0.15, -0.1) is 0 Å². The van der Waals surface area contributed by atoms with Crippen LogP contribution in [0, 0.1) is 6.92 Å². The SMILES string of the molecule is Cc1c(NC(=O)c2ccc(OCC3CCCO3)cc2)ccc2cc(CNC3CCCC3)cnc12. The molecule has 2 aromatic carbocycles. The van der Waals surface area contributed by atoms with Crippen molar-refractivity contribution in [2.75, 3.05) is 18.5 Å². The molecule has 0 radical (unpaired) electrons. The number of ether oxygens (including phenoxy) is 2. The van der Waals surface area contributed by atoms with E-state index >= 15 is 0 Å². The number of aromatic nitrogens is 1. The quantitative estimate of drug-likeness (QED) is 0.473. The topological polar surface area (TPSA) is 72.5 Å². The molecule has 1 saturated carbocycles. The lowest BCUT2D eigenvalue weighted by Crippen LogP contribution is -2.25. The molecule has 1 amide bonds. The average Bonchev–Trinajstić information content (AvgIpc) is 3.58. The molecule has 0 bridgehead atoms. The van der Waals surface area contributed by atoms with Crippen molar-refractivity contribution in [2.45, 2.75) is 64.1 Å². The van der Waals surface area contributed by atoms with Gasteiger partial charge in [0.25, 0.3) is 5.91 Å². The molecule has 6 heteroatoms. The average molecular weight is 460 g/mol. The maximum atomic E-state index is 12.8. The third-order valence-corrected chi connectivity index (χ3v) is 6.94. The molecular formula is C28H33N3O3. The zero-order valence-electron chi connectivity index (χ0n) is 19.8. The van der Waals surface area contributed by atoms with Crippen molar-refractivity contribution < 1.29 is 14.3 Å². The van der Waals surface area contributed by atoms with Gasteiger partial charge in [-0.25, -0.2) is 0 Å². The first-order chi connectivity index (χ1) is 16.7. The van der Waals surface area contributed by atoms with E-state index in [1.54, 1.807) is 12.1 Å². The van der Waals surface area contributed by atoms with E-state index in [4.69, 9.17) is 14.5 Å². The molecule has 0 spiro atoms. The minimum Gasteiger partial charge on any atom is -0.491 e. The molecule has 1 aliphatic carbocycles. The Kier molecular flexibility index (Phi) is 7.07. The highest BCUT2D eigenvalue weighted by Gasteiger charge is 2.17. The van der Waals surface area contributed by atoms with Gasteiger partial charge in [-0.1, -0.05) is 18.9 Å². The Morgan fingerprint density at radius 3 is 2.68 bits per heavy atom. The Morgan fingerprint density at radius 1 is 1.09 bits per heavy atom. The fraction of sp³-hybridized carbons (Fsp3) is 0.429. The molecule has 1 unspecified atom stereocenters. The van der Waals surface area contributed by atoms with Gasteiger partial charge in [-0.2, -0.15) is 0 Å². The summed E-state index contributed by atoms with van der Waals surface area (Å²) in [6, 6.07) is 14.1. The van der Waals surface area contributed by atoms with Gasteiger partial charge in [0.15, 0.2) is 0 Å². The van der Waals surface area contributed by atoms with E-state index in [1.807, 2.05) is 37.4 Å². The number of anilines is 1. The minimum atomic E-state index is -0.148. The van der Waals surface area contributed by atoms with Crippen LogP contribution in [-0.2, 0) is 11.3 Å². The van der Waals surface area contributed by atoms with Gasteiger partial charge < -0.3 is 20.1 Å². The summed E-state index contributed by atoms with van der Waals surface area (Å²) in [7, 11) is 0. The Labute approximate surface area is 201 Å². The number of amides is 1. The monoisotopic (exact) mass is 459 g/mol. The van der Waals surface area contributed by atoms with Crippen molar-refractivity contribution in [2.24, 2.45) is 0 Å². The van der Waals surface area contributed by atoms with Gasteiger partial charge in [0.1, 0.15) is 12.4 Å². The second-order valence-corrected chi connectivity index (χ2v) is 9.44. The molecule has 178 valence electrons. The third-order valence-electron chi connectivity index (χ3n) is 6.94. The predicted octanol–water partition coefficient (Wildman–Crippen LogP) is 5.39. The Bertz CT molecular complexity index is 1130. The maximum Gasteiger partial charge on any atom is 0.255 e. The van der Waals surface area contributed by atoms with Gasteiger partial charge >= 0.3 is 0 Å². The number of carbonyl (C=O) groups is 1. The zero-order valence-corrected chi connectivity index (χ0v) is 19.8. The molecule has 1 aliphatic heterocycles. The molecule has 1 aromatic heterocycles. The lowest BCUT2D eigenvalue weighted by molar-refractivity contribution is 0.0679. The van der Waals surface area contributed by atoms with Crippen LogP contribution in [0.3, 0.4) is 0 Å². The Hall–Kier alpha value is -2.96. The normalized spacial score (nSPS) is 18.4. The number of hydrogen-bond acceptors (Lipinski definition) is 5. The van der Waals surface area contributed by atoms with Gasteiger partial charge in [0.2, 0.25) is 0 Å². The Balaban J connectivity index is 1.21. The van der Waals surface area contributed by atoms with Gasteiger partial charge in [-0.05, 0) is 80.1 Å². The van der Waals surface area contributed by atoms with E-state index in [2.05, 4.69) is 16.7 Å². The van der Waals surface area contributed by atoms with E-state index in [0.29, 0.717) is 18.2 Å². The molecule has 2 heterocycles. The largest absolute Gasteiger partial charge is 0.491 e. The molecule has 6 nitrogen and oxygen atoms in total. The van der Waals surface area contributed by atoms with Crippen molar-refractivity contribution >= 4 is 22.5 Å². The molecule has 2 fully saturated rings. The van der Waals surface area contributed by atoms with Crippen LogP contribution in [0.4, 0.5) is 5.69 Å². The number of aryl methyl sites for hydroxylation is 1. The fourth-order valence-electron chi connectivity index (χ4n) is 4.88. The number of nitrogens with one attached hydrogen (secondary N) is 2. The van der Waals surface area contributed by atoms with Gasteiger partial charge in [-0.3, -0.25) is 9.78 Å². The maximum absolute atomic E-state index is 12.8. The van der Waals surface area contributed by atoms with Crippen LogP contribution in [0.1, 0.15) is 60.0 Å². The number of benzene rings is 2. The summed E-state index contributed by atoms with van der Waals surface area (Å²) >= 11 is 0. The van der Waals surface area contributed by atoms with Crippen LogP contribution in [0.2, 0.25) is 0 Å². The van der Waals surface area contributed by atoms with E-state index in [0.717, 1.165) is 53.9 Å². The lowest BCUT2D eigenvalue weighted by atomic mass is 10.1.